The van der Waals surface area contributed by atoms with Crippen molar-refractivity contribution in [2.45, 2.75) is 31.7 Å². The third kappa shape index (κ3) is 3.05. The molecule has 1 atom stereocenters. The predicted molar refractivity (Wildman–Crippen MR) is 69.0 cm³/mol. The maximum absolute atomic E-state index is 9.60. The number of ether oxygens (including phenoxy) is 1. The fraction of sp³-hybridized carbons (Fsp3) is 0.538. The lowest BCUT2D eigenvalue weighted by atomic mass is 9.97. The minimum Gasteiger partial charge on any atom is -0.504 e. The fourth-order valence-corrected chi connectivity index (χ4v) is 2.50. The van der Waals surface area contributed by atoms with Gasteiger partial charge in [-0.25, -0.2) is 0 Å². The third-order valence-electron chi connectivity index (χ3n) is 3.23. The van der Waals surface area contributed by atoms with Crippen LogP contribution >= 0.6 is 11.6 Å². The molecule has 1 aromatic rings. The molecule has 1 unspecified atom stereocenters. The first-order chi connectivity index (χ1) is 8.20. The number of phenolic OH excluding ortho intramolecular Hbond substituents is 1. The number of hydrogen-bond donors (Lipinski definition) is 2. The largest absolute Gasteiger partial charge is 0.504 e. The lowest BCUT2D eigenvalue weighted by molar-refractivity contribution is 0.371. The molecule has 17 heavy (non-hydrogen) atoms. The van der Waals surface area contributed by atoms with Gasteiger partial charge < -0.3 is 15.2 Å². The Labute approximate surface area is 107 Å². The van der Waals surface area contributed by atoms with E-state index in [0.717, 1.165) is 18.5 Å². The van der Waals surface area contributed by atoms with Gasteiger partial charge in [0, 0.05) is 17.1 Å². The van der Waals surface area contributed by atoms with Crippen molar-refractivity contribution in [3.63, 3.8) is 0 Å². The smallest absolute Gasteiger partial charge is 0.160 e. The Morgan fingerprint density at radius 1 is 1.47 bits per heavy atom. The summed E-state index contributed by atoms with van der Waals surface area (Å²) in [5.41, 5.74) is 1.03. The third-order valence-corrected chi connectivity index (χ3v) is 3.58. The van der Waals surface area contributed by atoms with Crippen LogP contribution in [0.1, 0.15) is 24.8 Å². The molecule has 0 bridgehead atoms. The second kappa shape index (κ2) is 5.61. The summed E-state index contributed by atoms with van der Waals surface area (Å²) in [6, 6.07) is 3.86. The average Bonchev–Trinajstić information content (AvgIpc) is 2.34. The molecule has 1 aliphatic heterocycles. The van der Waals surface area contributed by atoms with Gasteiger partial charge in [0.1, 0.15) is 0 Å². The van der Waals surface area contributed by atoms with Gasteiger partial charge in [0.05, 0.1) is 7.11 Å². The second-order valence-electron chi connectivity index (χ2n) is 4.47. The van der Waals surface area contributed by atoms with Crippen molar-refractivity contribution >= 4 is 11.6 Å². The van der Waals surface area contributed by atoms with Crippen molar-refractivity contribution in [2.24, 2.45) is 0 Å². The molecule has 1 aromatic carbocycles. The minimum absolute atomic E-state index is 0.0952. The topological polar surface area (TPSA) is 41.5 Å². The van der Waals surface area contributed by atoms with Crippen molar-refractivity contribution in [1.82, 2.24) is 5.32 Å². The molecule has 1 aliphatic rings. The summed E-state index contributed by atoms with van der Waals surface area (Å²) < 4.78 is 5.10. The Morgan fingerprint density at radius 2 is 2.29 bits per heavy atom. The molecule has 0 radical (unpaired) electrons. The van der Waals surface area contributed by atoms with E-state index in [-0.39, 0.29) is 5.75 Å². The summed E-state index contributed by atoms with van der Waals surface area (Å²) in [6.45, 7) is 1.08. The molecule has 0 spiro atoms. The van der Waals surface area contributed by atoms with Crippen LogP contribution in [0.3, 0.4) is 0 Å². The molecule has 1 fully saturated rings. The Kier molecular flexibility index (Phi) is 4.13. The van der Waals surface area contributed by atoms with Crippen molar-refractivity contribution in [3.8, 4) is 11.5 Å². The second-order valence-corrected chi connectivity index (χ2v) is 4.87. The quantitative estimate of drug-likeness (QED) is 0.873. The first-order valence-corrected chi connectivity index (χ1v) is 6.37. The van der Waals surface area contributed by atoms with Gasteiger partial charge >= 0.3 is 0 Å². The van der Waals surface area contributed by atoms with E-state index in [1.807, 2.05) is 6.07 Å². The van der Waals surface area contributed by atoms with Gasteiger partial charge in [-0.3, -0.25) is 0 Å². The van der Waals surface area contributed by atoms with Crippen LogP contribution in [0.2, 0.25) is 5.02 Å². The predicted octanol–water partition coefficient (Wildman–Crippen LogP) is 2.74. The van der Waals surface area contributed by atoms with E-state index in [4.69, 9.17) is 16.3 Å². The number of piperidine rings is 1. The van der Waals surface area contributed by atoms with Crippen LogP contribution in [0.5, 0.6) is 11.5 Å². The molecule has 1 heterocycles. The van der Waals surface area contributed by atoms with E-state index in [2.05, 4.69) is 5.32 Å². The Bertz CT molecular complexity index is 389. The molecule has 0 aromatic heterocycles. The van der Waals surface area contributed by atoms with Gasteiger partial charge in [-0.15, -0.1) is 0 Å². The summed E-state index contributed by atoms with van der Waals surface area (Å²) in [7, 11) is 1.55. The van der Waals surface area contributed by atoms with Gasteiger partial charge in [0.25, 0.3) is 0 Å². The van der Waals surface area contributed by atoms with Crippen LogP contribution in [0.4, 0.5) is 0 Å². The molecular weight excluding hydrogens is 238 g/mol. The zero-order valence-corrected chi connectivity index (χ0v) is 10.8. The van der Waals surface area contributed by atoms with E-state index < -0.39 is 0 Å². The zero-order valence-electron chi connectivity index (χ0n) is 10.0. The maximum atomic E-state index is 9.60. The lowest BCUT2D eigenvalue weighted by Gasteiger charge is -2.24. The first-order valence-electron chi connectivity index (χ1n) is 5.99. The monoisotopic (exact) mass is 255 g/mol. The van der Waals surface area contributed by atoms with Gasteiger partial charge in [-0.1, -0.05) is 18.0 Å². The van der Waals surface area contributed by atoms with E-state index in [1.54, 1.807) is 13.2 Å². The first kappa shape index (κ1) is 12.5. The number of methoxy groups -OCH3 is 1. The van der Waals surface area contributed by atoms with E-state index in [0.29, 0.717) is 16.8 Å². The summed E-state index contributed by atoms with van der Waals surface area (Å²) in [6.07, 6.45) is 4.59. The lowest BCUT2D eigenvalue weighted by Crippen LogP contribution is -2.35. The molecular formula is C13H18ClNO2. The van der Waals surface area contributed by atoms with Crippen molar-refractivity contribution in [2.75, 3.05) is 13.7 Å². The normalized spacial score (nSPS) is 20.2. The molecule has 94 valence electrons. The van der Waals surface area contributed by atoms with Crippen LogP contribution in [0.25, 0.3) is 0 Å². The molecule has 4 heteroatoms. The van der Waals surface area contributed by atoms with E-state index >= 15 is 0 Å². The maximum Gasteiger partial charge on any atom is 0.160 e. The number of benzene rings is 1. The van der Waals surface area contributed by atoms with Crippen LogP contribution in [0, 0.1) is 0 Å². The number of aromatic hydroxyl groups is 1. The van der Waals surface area contributed by atoms with E-state index in [9.17, 15) is 5.11 Å². The Balaban J connectivity index is 2.13. The van der Waals surface area contributed by atoms with Gasteiger partial charge in [-0.05, 0) is 37.4 Å². The van der Waals surface area contributed by atoms with Gasteiger partial charge in [-0.2, -0.15) is 0 Å². The highest BCUT2D eigenvalue weighted by Gasteiger charge is 2.16. The molecule has 0 saturated carbocycles. The average molecular weight is 256 g/mol. The Hall–Kier alpha value is -0.930. The standard InChI is InChI=1S/C13H18ClNO2/c1-17-13-7-9(11(14)8-12(13)16)6-10-4-2-3-5-15-10/h7-8,10,15-16H,2-6H2,1H3. The van der Waals surface area contributed by atoms with Crippen molar-refractivity contribution < 1.29 is 9.84 Å². The fourth-order valence-electron chi connectivity index (χ4n) is 2.27. The summed E-state index contributed by atoms with van der Waals surface area (Å²) >= 11 is 6.13. The van der Waals surface area contributed by atoms with Gasteiger partial charge in [0.15, 0.2) is 11.5 Å². The molecule has 1 saturated heterocycles. The van der Waals surface area contributed by atoms with E-state index in [1.165, 1.54) is 19.3 Å². The van der Waals surface area contributed by atoms with Crippen LogP contribution in [-0.4, -0.2) is 24.8 Å². The number of halogens is 1. The molecule has 2 rings (SSSR count). The van der Waals surface area contributed by atoms with Crippen LogP contribution in [0.15, 0.2) is 12.1 Å². The summed E-state index contributed by atoms with van der Waals surface area (Å²) in [5, 5.41) is 13.7. The summed E-state index contributed by atoms with van der Waals surface area (Å²) in [5.74, 6) is 0.582. The number of hydrogen-bond acceptors (Lipinski definition) is 3. The highest BCUT2D eigenvalue weighted by molar-refractivity contribution is 6.31. The number of nitrogens with one attached hydrogen (secondary N) is 1. The highest BCUT2D eigenvalue weighted by Crippen LogP contribution is 2.33. The molecule has 2 N–H and O–H groups in total. The van der Waals surface area contributed by atoms with Crippen molar-refractivity contribution in [3.05, 3.63) is 22.7 Å². The number of rotatable bonds is 3. The molecule has 0 aliphatic carbocycles. The van der Waals surface area contributed by atoms with Crippen LogP contribution < -0.4 is 10.1 Å². The number of phenols is 1. The van der Waals surface area contributed by atoms with Gasteiger partial charge in [0.2, 0.25) is 0 Å². The SMILES string of the molecule is COc1cc(CC2CCCCN2)c(Cl)cc1O. The Morgan fingerprint density at radius 3 is 2.94 bits per heavy atom. The molecule has 0 amide bonds. The van der Waals surface area contributed by atoms with Crippen molar-refractivity contribution in [1.29, 1.82) is 0 Å². The summed E-state index contributed by atoms with van der Waals surface area (Å²) in [4.78, 5) is 0. The molecule has 3 nitrogen and oxygen atoms in total. The zero-order chi connectivity index (χ0) is 12.3. The highest BCUT2D eigenvalue weighted by atomic mass is 35.5. The van der Waals surface area contributed by atoms with Crippen LogP contribution in [-0.2, 0) is 6.42 Å². The minimum atomic E-state index is 0.0952.